The fraction of sp³-hybridized carbons (Fsp3) is 0.727. The van der Waals surface area contributed by atoms with E-state index < -0.39 is 0 Å². The summed E-state index contributed by atoms with van der Waals surface area (Å²) in [5, 5.41) is 3.28. The predicted octanol–water partition coefficient (Wildman–Crippen LogP) is 0.950. The van der Waals surface area contributed by atoms with Crippen molar-refractivity contribution in [3.63, 3.8) is 0 Å². The Morgan fingerprint density at radius 3 is 3.41 bits per heavy atom. The Kier molecular flexibility index (Phi) is 5.31. The van der Waals surface area contributed by atoms with Crippen molar-refractivity contribution in [2.45, 2.75) is 12.6 Å². The molecular weight excluding hydrogens is 238 g/mol. The minimum Gasteiger partial charge on any atom is -0.383 e. The number of nitrogens with one attached hydrogen (secondary N) is 2. The number of aromatic amines is 1. The van der Waals surface area contributed by atoms with E-state index in [9.17, 15) is 0 Å². The molecule has 0 bridgehead atoms. The zero-order chi connectivity index (χ0) is 11.9. The van der Waals surface area contributed by atoms with Crippen LogP contribution in [0.15, 0.2) is 6.20 Å². The third-order valence-electron chi connectivity index (χ3n) is 2.57. The first kappa shape index (κ1) is 12.9. The largest absolute Gasteiger partial charge is 0.383 e. The Hall–Kier alpha value is -0.560. The van der Waals surface area contributed by atoms with Crippen LogP contribution in [0.25, 0.3) is 0 Å². The van der Waals surface area contributed by atoms with Gasteiger partial charge in [0.15, 0.2) is 0 Å². The molecule has 2 N–H and O–H groups in total. The van der Waals surface area contributed by atoms with E-state index in [4.69, 9.17) is 9.47 Å². The lowest BCUT2D eigenvalue weighted by molar-refractivity contribution is 0.0699. The van der Waals surface area contributed by atoms with Gasteiger partial charge >= 0.3 is 0 Å². The topological polar surface area (TPSA) is 59.2 Å². The number of aromatic nitrogens is 2. The summed E-state index contributed by atoms with van der Waals surface area (Å²) in [5.41, 5.74) is 1.09. The highest BCUT2D eigenvalue weighted by molar-refractivity contribution is 7.99. The highest BCUT2D eigenvalue weighted by Crippen LogP contribution is 2.24. The smallest absolute Gasteiger partial charge is 0.136 e. The molecule has 0 aliphatic carbocycles. The van der Waals surface area contributed by atoms with E-state index >= 15 is 0 Å². The number of imidazole rings is 1. The molecule has 0 saturated carbocycles. The lowest BCUT2D eigenvalue weighted by Crippen LogP contribution is -2.19. The third-order valence-corrected chi connectivity index (χ3v) is 3.56. The Morgan fingerprint density at radius 1 is 1.71 bits per heavy atom. The molecule has 0 aromatic carbocycles. The normalized spacial score (nSPS) is 20.6. The van der Waals surface area contributed by atoms with E-state index in [0.29, 0.717) is 0 Å². The van der Waals surface area contributed by atoms with E-state index in [2.05, 4.69) is 15.3 Å². The van der Waals surface area contributed by atoms with E-state index in [1.54, 1.807) is 7.11 Å². The molecule has 0 radical (unpaired) electrons. The van der Waals surface area contributed by atoms with Crippen molar-refractivity contribution in [2.24, 2.45) is 0 Å². The molecule has 2 rings (SSSR count). The monoisotopic (exact) mass is 257 g/mol. The molecule has 1 unspecified atom stereocenters. The van der Waals surface area contributed by atoms with E-state index in [0.717, 1.165) is 49.3 Å². The number of H-pyrrole nitrogens is 1. The van der Waals surface area contributed by atoms with Gasteiger partial charge in [-0.15, -0.1) is 0 Å². The number of methoxy groups -OCH3 is 1. The van der Waals surface area contributed by atoms with Crippen molar-refractivity contribution in [3.8, 4) is 0 Å². The molecular formula is C11H19N3O2S. The first-order chi connectivity index (χ1) is 8.40. The Balaban J connectivity index is 1.78. The van der Waals surface area contributed by atoms with Crippen molar-refractivity contribution >= 4 is 11.8 Å². The van der Waals surface area contributed by atoms with Crippen LogP contribution in [0.3, 0.4) is 0 Å². The molecule has 1 aliphatic heterocycles. The summed E-state index contributed by atoms with van der Waals surface area (Å²) in [6, 6.07) is 0. The van der Waals surface area contributed by atoms with Crippen LogP contribution in [-0.2, 0) is 16.0 Å². The molecule has 96 valence electrons. The van der Waals surface area contributed by atoms with Crippen molar-refractivity contribution in [2.75, 3.05) is 38.4 Å². The fourth-order valence-corrected chi connectivity index (χ4v) is 2.52. The second-order valence-electron chi connectivity index (χ2n) is 3.90. The van der Waals surface area contributed by atoms with Crippen LogP contribution in [0.2, 0.25) is 0 Å². The van der Waals surface area contributed by atoms with Gasteiger partial charge in [0.05, 0.1) is 13.2 Å². The van der Waals surface area contributed by atoms with Gasteiger partial charge in [0.2, 0.25) is 0 Å². The Morgan fingerprint density at radius 2 is 2.65 bits per heavy atom. The van der Waals surface area contributed by atoms with E-state index in [-0.39, 0.29) is 6.10 Å². The number of thioether (sulfide) groups is 1. The van der Waals surface area contributed by atoms with Crippen LogP contribution in [0, 0.1) is 0 Å². The first-order valence-electron chi connectivity index (χ1n) is 5.83. The van der Waals surface area contributed by atoms with Gasteiger partial charge in [0.25, 0.3) is 0 Å². The van der Waals surface area contributed by atoms with Gasteiger partial charge in [-0.3, -0.25) is 0 Å². The van der Waals surface area contributed by atoms with Gasteiger partial charge in [0.1, 0.15) is 11.9 Å². The number of nitrogens with zero attached hydrogens (tertiary/aromatic N) is 1. The SMILES string of the molecule is COCCNCc1cnc(C2CSCCO2)[nH]1. The molecule has 6 heteroatoms. The fourth-order valence-electron chi connectivity index (χ4n) is 1.67. The number of ether oxygens (including phenoxy) is 2. The van der Waals surface area contributed by atoms with Crippen LogP contribution >= 0.6 is 11.8 Å². The average Bonchev–Trinajstić information content (AvgIpc) is 2.85. The van der Waals surface area contributed by atoms with Crippen LogP contribution in [0.4, 0.5) is 0 Å². The molecule has 0 spiro atoms. The molecule has 1 aliphatic rings. The van der Waals surface area contributed by atoms with Crippen LogP contribution in [0.1, 0.15) is 17.6 Å². The molecule has 1 aromatic heterocycles. The second kappa shape index (κ2) is 7.00. The van der Waals surface area contributed by atoms with Crippen LogP contribution < -0.4 is 5.32 Å². The summed E-state index contributed by atoms with van der Waals surface area (Å²) in [7, 11) is 1.70. The predicted molar refractivity (Wildman–Crippen MR) is 68.2 cm³/mol. The van der Waals surface area contributed by atoms with Gasteiger partial charge < -0.3 is 19.8 Å². The summed E-state index contributed by atoms with van der Waals surface area (Å²) in [6.07, 6.45) is 2.00. The van der Waals surface area contributed by atoms with Crippen LogP contribution in [0.5, 0.6) is 0 Å². The molecule has 2 heterocycles. The summed E-state index contributed by atoms with van der Waals surface area (Å²) in [4.78, 5) is 7.68. The second-order valence-corrected chi connectivity index (χ2v) is 5.05. The number of rotatable bonds is 6. The maximum atomic E-state index is 5.67. The first-order valence-corrected chi connectivity index (χ1v) is 6.98. The molecule has 1 fully saturated rings. The lowest BCUT2D eigenvalue weighted by Gasteiger charge is -2.20. The Labute approximate surface area is 106 Å². The van der Waals surface area contributed by atoms with Crippen molar-refractivity contribution < 1.29 is 9.47 Å². The molecule has 1 saturated heterocycles. The highest BCUT2D eigenvalue weighted by Gasteiger charge is 2.19. The highest BCUT2D eigenvalue weighted by atomic mass is 32.2. The molecule has 1 aromatic rings. The van der Waals surface area contributed by atoms with Gasteiger partial charge in [-0.1, -0.05) is 0 Å². The molecule has 17 heavy (non-hydrogen) atoms. The van der Waals surface area contributed by atoms with E-state index in [1.807, 2.05) is 18.0 Å². The summed E-state index contributed by atoms with van der Waals surface area (Å²) in [6.45, 7) is 3.18. The van der Waals surface area contributed by atoms with Gasteiger partial charge in [-0.25, -0.2) is 4.98 Å². The quantitative estimate of drug-likeness (QED) is 0.743. The molecule has 0 amide bonds. The third kappa shape index (κ3) is 3.99. The summed E-state index contributed by atoms with van der Waals surface area (Å²) >= 11 is 1.91. The van der Waals surface area contributed by atoms with Gasteiger partial charge in [-0.2, -0.15) is 11.8 Å². The maximum Gasteiger partial charge on any atom is 0.136 e. The van der Waals surface area contributed by atoms with Crippen molar-refractivity contribution in [1.29, 1.82) is 0 Å². The van der Waals surface area contributed by atoms with Crippen LogP contribution in [-0.4, -0.2) is 48.3 Å². The maximum absolute atomic E-state index is 5.67. The lowest BCUT2D eigenvalue weighted by atomic mass is 10.4. The van der Waals surface area contributed by atoms with Crippen molar-refractivity contribution in [3.05, 3.63) is 17.7 Å². The zero-order valence-electron chi connectivity index (χ0n) is 10.1. The number of hydrogen-bond donors (Lipinski definition) is 2. The zero-order valence-corrected chi connectivity index (χ0v) is 10.9. The van der Waals surface area contributed by atoms with Gasteiger partial charge in [0, 0.05) is 43.6 Å². The summed E-state index contributed by atoms with van der Waals surface area (Å²) in [5.74, 6) is 3.02. The van der Waals surface area contributed by atoms with E-state index in [1.165, 1.54) is 0 Å². The Bertz CT molecular complexity index is 326. The minimum absolute atomic E-state index is 0.126. The standard InChI is InChI=1S/C11H19N3O2S/c1-15-3-2-12-6-9-7-13-11(14-9)10-8-17-5-4-16-10/h7,10,12H,2-6,8H2,1H3,(H,13,14). The molecule has 1 atom stereocenters. The molecule has 5 nitrogen and oxygen atoms in total. The average molecular weight is 257 g/mol. The minimum atomic E-state index is 0.126. The summed E-state index contributed by atoms with van der Waals surface area (Å²) < 4.78 is 10.6. The number of hydrogen-bond acceptors (Lipinski definition) is 5. The van der Waals surface area contributed by atoms with Crippen molar-refractivity contribution in [1.82, 2.24) is 15.3 Å². The van der Waals surface area contributed by atoms with Gasteiger partial charge in [-0.05, 0) is 0 Å².